The molecule has 3 N–H and O–H groups in total. The normalized spacial score (nSPS) is 36.4. The molecule has 3 fully saturated rings. The van der Waals surface area contributed by atoms with E-state index in [1.54, 1.807) is 0 Å². The summed E-state index contributed by atoms with van der Waals surface area (Å²) in [7, 11) is 1.86. The molecule has 0 spiro atoms. The van der Waals surface area contributed by atoms with Crippen molar-refractivity contribution < 1.29 is 9.47 Å². The summed E-state index contributed by atoms with van der Waals surface area (Å²) in [4.78, 5) is 2.44. The number of nitrogens with one attached hydrogen (secondary N) is 3. The van der Waals surface area contributed by atoms with Gasteiger partial charge in [0.25, 0.3) is 0 Å². The molecule has 2 saturated carbocycles. The van der Waals surface area contributed by atoms with Crippen LogP contribution in [0.2, 0.25) is 0 Å². The number of hydrogen-bond donors (Lipinski definition) is 3. The van der Waals surface area contributed by atoms with Crippen molar-refractivity contribution in [2.45, 2.75) is 89.8 Å². The van der Waals surface area contributed by atoms with E-state index in [2.05, 4.69) is 34.7 Å². The highest BCUT2D eigenvalue weighted by molar-refractivity contribution is 4.87. The third-order valence-electron chi connectivity index (χ3n) is 7.57. The van der Waals surface area contributed by atoms with Gasteiger partial charge in [0, 0.05) is 32.8 Å². The Kier molecular flexibility index (Phi) is 10.2. The van der Waals surface area contributed by atoms with Gasteiger partial charge < -0.3 is 14.4 Å². The zero-order chi connectivity index (χ0) is 20.5. The number of hydrogen-bond acceptors (Lipinski definition) is 6. The fraction of sp³-hybridized carbons (Fsp3) is 1.00. The molecule has 0 radical (unpaired) electrons. The highest BCUT2D eigenvalue weighted by Gasteiger charge is 2.32. The van der Waals surface area contributed by atoms with E-state index < -0.39 is 0 Å². The molecule has 1 saturated heterocycles. The predicted molar refractivity (Wildman–Crippen MR) is 119 cm³/mol. The topological polar surface area (TPSA) is 57.8 Å². The molecule has 3 aliphatic rings. The Labute approximate surface area is 178 Å². The molecular formula is C23H46N4O2. The fourth-order valence-electron chi connectivity index (χ4n) is 5.50. The van der Waals surface area contributed by atoms with Crippen molar-refractivity contribution in [2.75, 3.05) is 46.4 Å². The number of likely N-dealkylation sites (N-methyl/N-ethyl adjacent to an activating group) is 1. The maximum atomic E-state index is 6.22. The number of rotatable bonds is 10. The van der Waals surface area contributed by atoms with Crippen molar-refractivity contribution >= 4 is 0 Å². The van der Waals surface area contributed by atoms with Crippen LogP contribution in [0.15, 0.2) is 0 Å². The van der Waals surface area contributed by atoms with Crippen molar-refractivity contribution in [2.24, 2.45) is 11.8 Å². The lowest BCUT2D eigenvalue weighted by Crippen LogP contribution is -2.63. The van der Waals surface area contributed by atoms with Crippen molar-refractivity contribution in [1.82, 2.24) is 20.9 Å². The van der Waals surface area contributed by atoms with Gasteiger partial charge in [-0.15, -0.1) is 0 Å². The molecule has 1 heterocycles. The number of methoxy groups -OCH3 is 1. The largest absolute Gasteiger partial charge is 0.381 e. The quantitative estimate of drug-likeness (QED) is 0.515. The van der Waals surface area contributed by atoms with E-state index in [1.807, 2.05) is 7.11 Å². The second kappa shape index (κ2) is 12.6. The van der Waals surface area contributed by atoms with Crippen molar-refractivity contribution in [3.8, 4) is 0 Å². The van der Waals surface area contributed by atoms with Crippen LogP contribution >= 0.6 is 0 Å². The molecule has 6 heteroatoms. The van der Waals surface area contributed by atoms with Crippen LogP contribution in [0.25, 0.3) is 0 Å². The van der Waals surface area contributed by atoms with E-state index in [0.29, 0.717) is 18.2 Å². The molecule has 6 nitrogen and oxygen atoms in total. The summed E-state index contributed by atoms with van der Waals surface area (Å²) in [6.07, 6.45) is 11.2. The summed E-state index contributed by atoms with van der Waals surface area (Å²) in [5.74, 6) is 1.61. The summed E-state index contributed by atoms with van der Waals surface area (Å²) < 4.78 is 11.7. The van der Waals surface area contributed by atoms with Crippen LogP contribution in [0.4, 0.5) is 0 Å². The van der Waals surface area contributed by atoms with Crippen LogP contribution in [0.3, 0.4) is 0 Å². The molecule has 0 amide bonds. The fourth-order valence-corrected chi connectivity index (χ4v) is 5.50. The van der Waals surface area contributed by atoms with Crippen molar-refractivity contribution in [1.29, 1.82) is 0 Å². The van der Waals surface area contributed by atoms with Crippen LogP contribution in [0, 0.1) is 11.8 Å². The minimum absolute atomic E-state index is 0.251. The molecule has 0 bridgehead atoms. The molecule has 0 aromatic heterocycles. The maximum absolute atomic E-state index is 6.22. The molecule has 2 unspecified atom stereocenters. The van der Waals surface area contributed by atoms with Gasteiger partial charge in [-0.1, -0.05) is 13.8 Å². The minimum atomic E-state index is 0.251. The predicted octanol–water partition coefficient (Wildman–Crippen LogP) is 2.54. The number of nitrogens with zero attached hydrogens (tertiary/aromatic N) is 1. The Bertz CT molecular complexity index is 433. The highest BCUT2D eigenvalue weighted by atomic mass is 16.5. The zero-order valence-electron chi connectivity index (χ0n) is 19.1. The lowest BCUT2D eigenvalue weighted by Gasteiger charge is -2.40. The lowest BCUT2D eigenvalue weighted by atomic mass is 9.78. The number of ether oxygens (including phenoxy) is 2. The first-order valence-corrected chi connectivity index (χ1v) is 12.3. The summed E-state index contributed by atoms with van der Waals surface area (Å²) in [6, 6.07) is 0.556. The van der Waals surface area contributed by atoms with Crippen molar-refractivity contribution in [3.05, 3.63) is 0 Å². The van der Waals surface area contributed by atoms with Gasteiger partial charge in [-0.05, 0) is 76.3 Å². The maximum Gasteiger partial charge on any atom is 0.112 e. The molecule has 29 heavy (non-hydrogen) atoms. The monoisotopic (exact) mass is 410 g/mol. The van der Waals surface area contributed by atoms with E-state index in [1.165, 1.54) is 44.9 Å². The van der Waals surface area contributed by atoms with Crippen LogP contribution in [0.1, 0.15) is 65.2 Å². The third kappa shape index (κ3) is 7.44. The van der Waals surface area contributed by atoms with Gasteiger partial charge in [0.15, 0.2) is 0 Å². The highest BCUT2D eigenvalue weighted by Crippen LogP contribution is 2.31. The van der Waals surface area contributed by atoms with E-state index in [-0.39, 0.29) is 6.29 Å². The average Bonchev–Trinajstić information content (AvgIpc) is 2.78. The molecule has 0 aromatic rings. The summed E-state index contributed by atoms with van der Waals surface area (Å²) >= 11 is 0. The van der Waals surface area contributed by atoms with E-state index in [0.717, 1.165) is 57.6 Å². The van der Waals surface area contributed by atoms with E-state index in [9.17, 15) is 0 Å². The van der Waals surface area contributed by atoms with Gasteiger partial charge in [-0.3, -0.25) is 16.0 Å². The van der Waals surface area contributed by atoms with Gasteiger partial charge in [0.2, 0.25) is 0 Å². The SMILES string of the molecule is CCN(CC)CCOC1CCCC(NC2NCC(C3CCC(OC)CC3)CN2)C1. The smallest absolute Gasteiger partial charge is 0.112 e. The first kappa shape index (κ1) is 23.4. The molecule has 0 aromatic carbocycles. The second-order valence-corrected chi connectivity index (χ2v) is 9.33. The second-order valence-electron chi connectivity index (χ2n) is 9.33. The van der Waals surface area contributed by atoms with Gasteiger partial charge in [-0.2, -0.15) is 0 Å². The summed E-state index contributed by atoms with van der Waals surface area (Å²) in [5, 5.41) is 11.3. The Morgan fingerprint density at radius 3 is 2.28 bits per heavy atom. The van der Waals surface area contributed by atoms with Gasteiger partial charge in [0.1, 0.15) is 6.29 Å². The standard InChI is InChI=1S/C23H46N4O2/c1-4-27(5-2)13-14-29-22-8-6-7-20(15-22)26-23-24-16-19(17-25-23)18-9-11-21(28-3)12-10-18/h18-26H,4-17H2,1-3H3. The van der Waals surface area contributed by atoms with E-state index >= 15 is 0 Å². The first-order valence-electron chi connectivity index (χ1n) is 12.3. The Hall–Kier alpha value is -0.240. The molecule has 2 aliphatic carbocycles. The third-order valence-corrected chi connectivity index (χ3v) is 7.57. The Morgan fingerprint density at radius 1 is 0.897 bits per heavy atom. The van der Waals surface area contributed by atoms with Crippen molar-refractivity contribution in [3.63, 3.8) is 0 Å². The summed E-state index contributed by atoms with van der Waals surface area (Å²) in [5.41, 5.74) is 0. The Balaban J connectivity index is 1.31. The zero-order valence-corrected chi connectivity index (χ0v) is 19.1. The lowest BCUT2D eigenvalue weighted by molar-refractivity contribution is 0.00604. The Morgan fingerprint density at radius 2 is 1.62 bits per heavy atom. The van der Waals surface area contributed by atoms with Gasteiger partial charge >= 0.3 is 0 Å². The average molecular weight is 411 g/mol. The van der Waals surface area contributed by atoms with Crippen LogP contribution in [-0.2, 0) is 9.47 Å². The van der Waals surface area contributed by atoms with Gasteiger partial charge in [-0.25, -0.2) is 0 Å². The molecule has 1 aliphatic heterocycles. The minimum Gasteiger partial charge on any atom is -0.381 e. The van der Waals surface area contributed by atoms with Crippen LogP contribution in [0.5, 0.6) is 0 Å². The molecular weight excluding hydrogens is 364 g/mol. The van der Waals surface area contributed by atoms with Gasteiger partial charge in [0.05, 0.1) is 18.8 Å². The van der Waals surface area contributed by atoms with E-state index in [4.69, 9.17) is 9.47 Å². The molecule has 3 rings (SSSR count). The van der Waals surface area contributed by atoms with Crippen LogP contribution in [-0.4, -0.2) is 75.9 Å². The first-order chi connectivity index (χ1) is 14.2. The molecule has 170 valence electrons. The van der Waals surface area contributed by atoms with Crippen LogP contribution < -0.4 is 16.0 Å². The molecule has 2 atom stereocenters. The summed E-state index contributed by atoms with van der Waals surface area (Å²) in [6.45, 7) is 10.9.